The minimum absolute atomic E-state index is 0.298. The summed E-state index contributed by atoms with van der Waals surface area (Å²) in [5.74, 6) is -1.45. The van der Waals surface area contributed by atoms with Gasteiger partial charge in [-0.1, -0.05) is 224 Å². The number of rotatable bonds is 42. The second kappa shape index (κ2) is 40.0. The van der Waals surface area contributed by atoms with Gasteiger partial charge in [0.2, 0.25) is 5.91 Å². The molecule has 0 radical (unpaired) electrons. The highest BCUT2D eigenvalue weighted by Gasteiger charge is 2.28. The number of nitrogens with one attached hydrogen (secondary N) is 1. The fraction of sp³-hybridized carbons (Fsp3) is 0.891. The van der Waals surface area contributed by atoms with E-state index in [0.717, 1.165) is 57.8 Å². The highest BCUT2D eigenvalue weighted by molar-refractivity contribution is 7.85. The molecule has 3 atom stereocenters. The van der Waals surface area contributed by atoms with Gasteiger partial charge in [-0.3, -0.25) is 9.35 Å². The Morgan fingerprint density at radius 3 is 1.30 bits per heavy atom. The molecule has 0 aromatic rings. The predicted octanol–water partition coefficient (Wildman–Crippen LogP) is 12.9. The molecule has 0 aliphatic rings. The lowest BCUT2D eigenvalue weighted by atomic mass is 10.0. The minimum Gasteiger partial charge on any atom is -0.391 e. The summed E-state index contributed by atoms with van der Waals surface area (Å²) in [7, 11) is -4.41. The Hall–Kier alpha value is -1.22. The summed E-state index contributed by atoms with van der Waals surface area (Å²) in [6.07, 6.45) is 47.7. The summed E-state index contributed by atoms with van der Waals surface area (Å²) in [4.78, 5) is 12.7. The van der Waals surface area contributed by atoms with Crippen molar-refractivity contribution in [2.75, 3.05) is 5.75 Å². The number of hydrogen-bond acceptors (Lipinski definition) is 5. The fourth-order valence-electron chi connectivity index (χ4n) is 7.27. The summed E-state index contributed by atoms with van der Waals surface area (Å²) in [5.41, 5.74) is 0. The Labute approximate surface area is 335 Å². The van der Waals surface area contributed by atoms with E-state index in [9.17, 15) is 28.0 Å². The summed E-state index contributed by atoms with van der Waals surface area (Å²) in [6, 6.07) is -1.14. The Kier molecular flexibility index (Phi) is 39.1. The topological polar surface area (TPSA) is 124 Å². The molecule has 0 rings (SSSR count). The zero-order valence-corrected chi connectivity index (χ0v) is 36.3. The molecule has 0 aliphatic heterocycles. The average Bonchev–Trinajstić information content (AvgIpc) is 3.14. The number of hydrogen-bond donors (Lipinski definition) is 4. The van der Waals surface area contributed by atoms with Crippen LogP contribution in [0.5, 0.6) is 0 Å². The monoisotopic (exact) mass is 784 g/mol. The van der Waals surface area contributed by atoms with E-state index in [1.807, 2.05) is 0 Å². The standard InChI is InChI=1S/C46H89NO6S/c1-3-5-7-9-11-13-15-17-19-21-22-23-25-27-29-31-33-35-37-39-41-45(49)46(50)47-43(42-54(51,52)53)44(48)40-38-36-34-32-30-28-26-24-20-18-16-14-12-10-8-6-4-2/h5,7,11,13,43-45,48-49H,3-4,6,8-10,12,14-42H2,1-2H3,(H,47,50)(H,51,52,53)/b7-5-,13-11-. The number of carbonyl (C=O) groups excluding carboxylic acids is 1. The van der Waals surface area contributed by atoms with Crippen molar-refractivity contribution >= 4 is 16.0 Å². The maximum absolute atomic E-state index is 12.7. The number of carbonyl (C=O) groups is 1. The molecular formula is C46H89NO6S. The van der Waals surface area contributed by atoms with Gasteiger partial charge in [0.1, 0.15) is 6.10 Å². The van der Waals surface area contributed by atoms with Crippen LogP contribution in [0.25, 0.3) is 0 Å². The number of aliphatic hydroxyl groups is 2. The molecule has 3 unspecified atom stereocenters. The van der Waals surface area contributed by atoms with Crippen LogP contribution in [0.3, 0.4) is 0 Å². The summed E-state index contributed by atoms with van der Waals surface area (Å²) < 4.78 is 32.7. The Balaban J connectivity index is 3.88. The normalized spacial score (nSPS) is 13.9. The van der Waals surface area contributed by atoms with E-state index in [2.05, 4.69) is 43.5 Å². The van der Waals surface area contributed by atoms with E-state index in [4.69, 9.17) is 0 Å². The van der Waals surface area contributed by atoms with Crippen molar-refractivity contribution in [2.24, 2.45) is 0 Å². The molecule has 0 aromatic carbocycles. The minimum atomic E-state index is -4.41. The molecule has 0 bridgehead atoms. The van der Waals surface area contributed by atoms with Crippen molar-refractivity contribution in [3.8, 4) is 0 Å². The summed E-state index contributed by atoms with van der Waals surface area (Å²) >= 11 is 0. The van der Waals surface area contributed by atoms with E-state index in [-0.39, 0.29) is 0 Å². The Bertz CT molecular complexity index is 968. The van der Waals surface area contributed by atoms with Gasteiger partial charge >= 0.3 is 0 Å². The molecular weight excluding hydrogens is 695 g/mol. The third-order valence-electron chi connectivity index (χ3n) is 10.8. The van der Waals surface area contributed by atoms with Crippen LogP contribution in [-0.4, -0.2) is 53.1 Å². The first-order valence-electron chi connectivity index (χ1n) is 23.1. The summed E-state index contributed by atoms with van der Waals surface area (Å²) in [6.45, 7) is 4.43. The van der Waals surface area contributed by atoms with E-state index >= 15 is 0 Å². The lowest BCUT2D eigenvalue weighted by Gasteiger charge is -2.24. The van der Waals surface area contributed by atoms with Crippen molar-refractivity contribution < 1.29 is 28.0 Å². The van der Waals surface area contributed by atoms with Crippen LogP contribution in [0.15, 0.2) is 24.3 Å². The SMILES string of the molecule is CC/C=C\C/C=C\CCCCCCCCCCCCCCCC(O)C(=O)NC(CS(=O)(=O)O)C(O)CCCCCCCCCCCCCCCCCCC. The lowest BCUT2D eigenvalue weighted by molar-refractivity contribution is -0.131. The Morgan fingerprint density at radius 1 is 0.519 bits per heavy atom. The number of aliphatic hydroxyl groups excluding tert-OH is 2. The molecule has 0 saturated carbocycles. The molecule has 0 aliphatic carbocycles. The average molecular weight is 784 g/mol. The third-order valence-corrected chi connectivity index (χ3v) is 11.6. The largest absolute Gasteiger partial charge is 0.391 e. The molecule has 0 aromatic heterocycles. The molecule has 0 heterocycles. The molecule has 0 saturated heterocycles. The predicted molar refractivity (Wildman–Crippen MR) is 232 cm³/mol. The first-order valence-corrected chi connectivity index (χ1v) is 24.7. The Morgan fingerprint density at radius 2 is 0.889 bits per heavy atom. The van der Waals surface area contributed by atoms with Crippen molar-refractivity contribution in [2.45, 2.75) is 257 Å². The smallest absolute Gasteiger partial charge is 0.266 e. The molecule has 7 nitrogen and oxygen atoms in total. The first-order chi connectivity index (χ1) is 26.2. The maximum Gasteiger partial charge on any atom is 0.266 e. The second-order valence-corrected chi connectivity index (χ2v) is 17.6. The molecule has 1 amide bonds. The van der Waals surface area contributed by atoms with E-state index in [1.54, 1.807) is 0 Å². The fourth-order valence-corrected chi connectivity index (χ4v) is 8.02. The quantitative estimate of drug-likeness (QED) is 0.0278. The van der Waals surface area contributed by atoms with Crippen LogP contribution < -0.4 is 5.32 Å². The molecule has 0 fully saturated rings. The highest BCUT2D eigenvalue weighted by atomic mass is 32.2. The van der Waals surface area contributed by atoms with Gasteiger partial charge in [-0.2, -0.15) is 8.42 Å². The van der Waals surface area contributed by atoms with Gasteiger partial charge in [0.25, 0.3) is 10.1 Å². The molecule has 4 N–H and O–H groups in total. The number of unbranched alkanes of at least 4 members (excludes halogenated alkanes) is 29. The zero-order chi connectivity index (χ0) is 39.8. The van der Waals surface area contributed by atoms with E-state index < -0.39 is 40.0 Å². The van der Waals surface area contributed by atoms with Gasteiger partial charge in [-0.15, -0.1) is 0 Å². The van der Waals surface area contributed by atoms with Crippen LogP contribution >= 0.6 is 0 Å². The van der Waals surface area contributed by atoms with Gasteiger partial charge in [-0.05, 0) is 38.5 Å². The molecule has 54 heavy (non-hydrogen) atoms. The maximum atomic E-state index is 12.7. The molecule has 0 spiro atoms. The van der Waals surface area contributed by atoms with Crippen LogP contribution in [0.4, 0.5) is 0 Å². The van der Waals surface area contributed by atoms with Crippen molar-refractivity contribution in [3.63, 3.8) is 0 Å². The van der Waals surface area contributed by atoms with Gasteiger partial charge in [0.15, 0.2) is 0 Å². The van der Waals surface area contributed by atoms with Gasteiger partial charge in [0.05, 0.1) is 17.9 Å². The van der Waals surface area contributed by atoms with Crippen LogP contribution in [-0.2, 0) is 14.9 Å². The van der Waals surface area contributed by atoms with Crippen LogP contribution in [0.1, 0.15) is 239 Å². The van der Waals surface area contributed by atoms with Crippen LogP contribution in [0.2, 0.25) is 0 Å². The highest BCUT2D eigenvalue weighted by Crippen LogP contribution is 2.17. The van der Waals surface area contributed by atoms with Gasteiger partial charge in [0, 0.05) is 0 Å². The van der Waals surface area contributed by atoms with E-state index in [0.29, 0.717) is 19.3 Å². The van der Waals surface area contributed by atoms with Gasteiger partial charge in [-0.25, -0.2) is 0 Å². The van der Waals surface area contributed by atoms with E-state index in [1.165, 1.54) is 148 Å². The number of allylic oxidation sites excluding steroid dienone is 4. The van der Waals surface area contributed by atoms with Crippen molar-refractivity contribution in [1.82, 2.24) is 5.32 Å². The first kappa shape index (κ1) is 52.8. The van der Waals surface area contributed by atoms with Crippen molar-refractivity contribution in [1.29, 1.82) is 0 Å². The van der Waals surface area contributed by atoms with Gasteiger partial charge < -0.3 is 15.5 Å². The lowest BCUT2D eigenvalue weighted by Crippen LogP contribution is -2.50. The van der Waals surface area contributed by atoms with Crippen molar-refractivity contribution in [3.05, 3.63) is 24.3 Å². The number of amides is 1. The second-order valence-electron chi connectivity index (χ2n) is 16.2. The summed E-state index contributed by atoms with van der Waals surface area (Å²) in [5, 5.41) is 23.6. The zero-order valence-electron chi connectivity index (χ0n) is 35.5. The molecule has 320 valence electrons. The third kappa shape index (κ3) is 39.0. The van der Waals surface area contributed by atoms with Crippen LogP contribution in [0, 0.1) is 0 Å². The molecule has 8 heteroatoms.